The lowest BCUT2D eigenvalue weighted by Crippen LogP contribution is -2.52. The zero-order valence-corrected chi connectivity index (χ0v) is 12.3. The van der Waals surface area contributed by atoms with Gasteiger partial charge in [-0.25, -0.2) is 8.42 Å². The topological polar surface area (TPSA) is 82.4 Å². The number of hydrogen-bond acceptors (Lipinski definition) is 5. The second kappa shape index (κ2) is 5.79. The Balaban J connectivity index is 2.49. The summed E-state index contributed by atoms with van der Waals surface area (Å²) in [6.07, 6.45) is 0. The highest BCUT2D eigenvalue weighted by atomic mass is 32.2. The number of aryl methyl sites for hydroxylation is 1. The summed E-state index contributed by atoms with van der Waals surface area (Å²) in [5, 5.41) is 12.1. The van der Waals surface area contributed by atoms with Gasteiger partial charge in [0.15, 0.2) is 0 Å². The first-order valence-corrected chi connectivity index (χ1v) is 7.71. The Morgan fingerprint density at radius 3 is 2.90 bits per heavy atom. The van der Waals surface area contributed by atoms with Crippen LogP contribution in [0.25, 0.3) is 0 Å². The number of rotatable bonds is 3. The van der Waals surface area contributed by atoms with Gasteiger partial charge in [-0.15, -0.1) is 0 Å². The van der Waals surface area contributed by atoms with Crippen molar-refractivity contribution in [1.82, 2.24) is 9.62 Å². The molecule has 1 unspecified atom stereocenters. The highest BCUT2D eigenvalue weighted by molar-refractivity contribution is 7.89. The summed E-state index contributed by atoms with van der Waals surface area (Å²) in [5.41, 5.74) is 0.827. The van der Waals surface area contributed by atoms with Gasteiger partial charge in [0.2, 0.25) is 10.0 Å². The summed E-state index contributed by atoms with van der Waals surface area (Å²) in [5.74, 6) is 0.297. The smallest absolute Gasteiger partial charge is 0.248 e. The van der Waals surface area contributed by atoms with Gasteiger partial charge in [-0.3, -0.25) is 0 Å². The Morgan fingerprint density at radius 1 is 1.50 bits per heavy atom. The molecule has 0 bridgehead atoms. The minimum absolute atomic E-state index is 0.113. The molecule has 1 aromatic carbocycles. The van der Waals surface area contributed by atoms with Crippen LogP contribution in [0.1, 0.15) is 5.56 Å². The van der Waals surface area contributed by atoms with Crippen LogP contribution < -0.4 is 10.1 Å². The first kappa shape index (κ1) is 14.8. The van der Waals surface area contributed by atoms with E-state index in [9.17, 15) is 8.42 Å². The number of benzene rings is 1. The molecule has 0 spiro atoms. The quantitative estimate of drug-likeness (QED) is 0.877. The van der Waals surface area contributed by atoms with E-state index in [4.69, 9.17) is 10.00 Å². The SMILES string of the molecule is COc1ccc(C)cc1S(=O)(=O)N1CCNCC1C#N. The van der Waals surface area contributed by atoms with Crippen LogP contribution in [-0.4, -0.2) is 45.5 Å². The summed E-state index contributed by atoms with van der Waals surface area (Å²) in [4.78, 5) is 0.113. The lowest BCUT2D eigenvalue weighted by molar-refractivity contribution is 0.309. The van der Waals surface area contributed by atoms with Gasteiger partial charge in [0.25, 0.3) is 0 Å². The fourth-order valence-corrected chi connectivity index (χ4v) is 3.98. The van der Waals surface area contributed by atoms with Crippen LogP contribution in [0.4, 0.5) is 0 Å². The first-order valence-electron chi connectivity index (χ1n) is 6.27. The van der Waals surface area contributed by atoms with Gasteiger partial charge in [0.1, 0.15) is 16.7 Å². The third kappa shape index (κ3) is 2.63. The second-order valence-corrected chi connectivity index (χ2v) is 6.48. The van der Waals surface area contributed by atoms with Crippen LogP contribution in [0.3, 0.4) is 0 Å². The average Bonchev–Trinajstić information content (AvgIpc) is 2.47. The van der Waals surface area contributed by atoms with Crippen LogP contribution in [0.15, 0.2) is 23.1 Å². The summed E-state index contributed by atoms with van der Waals surface area (Å²) in [6.45, 7) is 2.96. The number of methoxy groups -OCH3 is 1. The molecule has 0 saturated carbocycles. The maximum Gasteiger partial charge on any atom is 0.248 e. The van der Waals surface area contributed by atoms with Gasteiger partial charge in [-0.1, -0.05) is 6.07 Å². The summed E-state index contributed by atoms with van der Waals surface area (Å²) in [7, 11) is -2.31. The standard InChI is InChI=1S/C13H17N3O3S/c1-10-3-4-12(19-2)13(7-10)20(17,18)16-6-5-15-9-11(16)8-14/h3-4,7,11,15H,5-6,9H2,1-2H3. The average molecular weight is 295 g/mol. The van der Waals surface area contributed by atoms with Crippen LogP contribution in [-0.2, 0) is 10.0 Å². The van der Waals surface area contributed by atoms with Crippen LogP contribution >= 0.6 is 0 Å². The Hall–Kier alpha value is -1.62. The van der Waals surface area contributed by atoms with Gasteiger partial charge < -0.3 is 10.1 Å². The molecule has 2 rings (SSSR count). The molecule has 1 heterocycles. The van der Waals surface area contributed by atoms with Crippen molar-refractivity contribution in [3.8, 4) is 11.8 Å². The van der Waals surface area contributed by atoms with E-state index in [2.05, 4.69) is 5.32 Å². The van der Waals surface area contributed by atoms with Crippen LogP contribution in [0, 0.1) is 18.3 Å². The van der Waals surface area contributed by atoms with Crippen molar-refractivity contribution in [1.29, 1.82) is 5.26 Å². The van der Waals surface area contributed by atoms with E-state index < -0.39 is 16.1 Å². The normalized spacial score (nSPS) is 20.4. The number of nitriles is 1. The molecule has 1 aromatic rings. The molecule has 0 radical (unpaired) electrons. The predicted molar refractivity (Wildman–Crippen MR) is 73.9 cm³/mol. The number of piperazine rings is 1. The van der Waals surface area contributed by atoms with Crippen molar-refractivity contribution in [2.75, 3.05) is 26.7 Å². The highest BCUT2D eigenvalue weighted by Gasteiger charge is 2.35. The molecule has 6 nitrogen and oxygen atoms in total. The van der Waals surface area contributed by atoms with Gasteiger partial charge in [-0.05, 0) is 24.6 Å². The molecule has 0 aliphatic carbocycles. The lowest BCUT2D eigenvalue weighted by Gasteiger charge is -2.31. The van der Waals surface area contributed by atoms with Gasteiger partial charge in [-0.2, -0.15) is 9.57 Å². The number of sulfonamides is 1. The highest BCUT2D eigenvalue weighted by Crippen LogP contribution is 2.29. The third-order valence-electron chi connectivity index (χ3n) is 3.25. The largest absolute Gasteiger partial charge is 0.495 e. The molecule has 1 fully saturated rings. The van der Waals surface area contributed by atoms with Crippen LogP contribution in [0.5, 0.6) is 5.75 Å². The summed E-state index contributed by atoms with van der Waals surface area (Å²) >= 11 is 0. The van der Waals surface area contributed by atoms with E-state index in [0.717, 1.165) is 5.56 Å². The van der Waals surface area contributed by atoms with Crippen molar-refractivity contribution < 1.29 is 13.2 Å². The Bertz CT molecular complexity index is 637. The van der Waals surface area contributed by atoms with Crippen LogP contribution in [0.2, 0.25) is 0 Å². The maximum atomic E-state index is 12.8. The summed E-state index contributed by atoms with van der Waals surface area (Å²) in [6, 6.07) is 6.32. The number of hydrogen-bond donors (Lipinski definition) is 1. The molecule has 1 atom stereocenters. The van der Waals surface area contributed by atoms with Gasteiger partial charge in [0.05, 0.1) is 13.2 Å². The second-order valence-electron chi connectivity index (χ2n) is 4.62. The fourth-order valence-electron chi connectivity index (χ4n) is 2.20. The Morgan fingerprint density at radius 2 is 2.25 bits per heavy atom. The van der Waals surface area contributed by atoms with Gasteiger partial charge in [0, 0.05) is 19.6 Å². The molecule has 1 aliphatic heterocycles. The van der Waals surface area contributed by atoms with Crippen molar-refractivity contribution >= 4 is 10.0 Å². The lowest BCUT2D eigenvalue weighted by atomic mass is 10.2. The predicted octanol–water partition coefficient (Wildman–Crippen LogP) is 0.490. The molecular formula is C13H17N3O3S. The maximum absolute atomic E-state index is 12.8. The van der Waals surface area contributed by atoms with E-state index in [-0.39, 0.29) is 11.4 Å². The molecule has 0 aromatic heterocycles. The Labute approximate surface area is 119 Å². The van der Waals surface area contributed by atoms with Crippen molar-refractivity contribution in [3.05, 3.63) is 23.8 Å². The van der Waals surface area contributed by atoms with Crippen molar-refractivity contribution in [3.63, 3.8) is 0 Å². The minimum Gasteiger partial charge on any atom is -0.495 e. The number of nitrogens with zero attached hydrogens (tertiary/aromatic N) is 2. The molecule has 1 N–H and O–H groups in total. The molecular weight excluding hydrogens is 278 g/mol. The first-order chi connectivity index (χ1) is 9.50. The molecule has 108 valence electrons. The van der Waals surface area contributed by atoms with E-state index in [1.807, 2.05) is 13.0 Å². The van der Waals surface area contributed by atoms with Crippen molar-refractivity contribution in [2.24, 2.45) is 0 Å². The van der Waals surface area contributed by atoms with E-state index >= 15 is 0 Å². The molecule has 1 saturated heterocycles. The third-order valence-corrected chi connectivity index (χ3v) is 5.18. The zero-order chi connectivity index (χ0) is 14.8. The number of ether oxygens (including phenoxy) is 1. The summed E-state index contributed by atoms with van der Waals surface area (Å²) < 4.78 is 31.9. The molecule has 1 aliphatic rings. The number of nitrogens with one attached hydrogen (secondary N) is 1. The van der Waals surface area contributed by atoms with Gasteiger partial charge >= 0.3 is 0 Å². The van der Waals surface area contributed by atoms with E-state index in [1.165, 1.54) is 11.4 Å². The van der Waals surface area contributed by atoms with E-state index in [1.54, 1.807) is 18.2 Å². The monoisotopic (exact) mass is 295 g/mol. The molecule has 7 heteroatoms. The Kier molecular flexibility index (Phi) is 4.28. The molecule has 20 heavy (non-hydrogen) atoms. The fraction of sp³-hybridized carbons (Fsp3) is 0.462. The van der Waals surface area contributed by atoms with Crippen molar-refractivity contribution in [2.45, 2.75) is 17.9 Å². The van der Waals surface area contributed by atoms with E-state index in [0.29, 0.717) is 18.8 Å². The minimum atomic E-state index is -3.74. The molecule has 0 amide bonds. The zero-order valence-electron chi connectivity index (χ0n) is 11.5.